The molecule has 0 bridgehead atoms. The standard InChI is InChI=1S/2C10H8N2.C2H4O2/c2*1-3-7-11-9(5-1)10-6-2-4-8-12-10;1-2(3)4/h2*1-8H;1H3,(H,3,4). The van der Waals surface area contributed by atoms with Gasteiger partial charge >= 0.3 is 0 Å². The van der Waals surface area contributed by atoms with Crippen molar-refractivity contribution in [2.24, 2.45) is 0 Å². The van der Waals surface area contributed by atoms with Crippen LogP contribution in [0.2, 0.25) is 0 Å². The Kier molecular flexibility index (Phi) is 8.47. The lowest BCUT2D eigenvalue weighted by Crippen LogP contribution is -1.83. The van der Waals surface area contributed by atoms with E-state index in [4.69, 9.17) is 9.90 Å². The second kappa shape index (κ2) is 11.6. The Balaban J connectivity index is 0.000000169. The van der Waals surface area contributed by atoms with Crippen LogP contribution < -0.4 is 0 Å². The second-order valence-corrected chi connectivity index (χ2v) is 5.38. The van der Waals surface area contributed by atoms with E-state index in [-0.39, 0.29) is 0 Å². The summed E-state index contributed by atoms with van der Waals surface area (Å²) < 4.78 is 0. The lowest BCUT2D eigenvalue weighted by atomic mass is 10.2. The molecule has 0 unspecified atom stereocenters. The van der Waals surface area contributed by atoms with Gasteiger partial charge in [0.15, 0.2) is 0 Å². The highest BCUT2D eigenvalue weighted by Crippen LogP contribution is 2.11. The molecule has 140 valence electrons. The summed E-state index contributed by atoms with van der Waals surface area (Å²) in [5, 5.41) is 7.42. The van der Waals surface area contributed by atoms with E-state index in [1.165, 1.54) is 0 Å². The lowest BCUT2D eigenvalue weighted by Gasteiger charge is -1.96. The number of carboxylic acids is 1. The van der Waals surface area contributed by atoms with Gasteiger partial charge in [-0.2, -0.15) is 0 Å². The van der Waals surface area contributed by atoms with Crippen LogP contribution >= 0.6 is 0 Å². The topological polar surface area (TPSA) is 88.9 Å². The van der Waals surface area contributed by atoms with Crippen molar-refractivity contribution in [1.29, 1.82) is 0 Å². The summed E-state index contributed by atoms with van der Waals surface area (Å²) >= 11 is 0. The summed E-state index contributed by atoms with van der Waals surface area (Å²) in [7, 11) is 0. The first-order valence-electron chi connectivity index (χ1n) is 8.51. The van der Waals surface area contributed by atoms with Crippen molar-refractivity contribution < 1.29 is 9.90 Å². The summed E-state index contributed by atoms with van der Waals surface area (Å²) in [5.41, 5.74) is 3.66. The minimum Gasteiger partial charge on any atom is -0.481 e. The molecule has 0 atom stereocenters. The zero-order chi connectivity index (χ0) is 20.0. The van der Waals surface area contributed by atoms with Crippen LogP contribution in [0.3, 0.4) is 0 Å². The third-order valence-electron chi connectivity index (χ3n) is 3.18. The number of aliphatic carboxylic acids is 1. The number of rotatable bonds is 2. The number of carbonyl (C=O) groups is 1. The monoisotopic (exact) mass is 372 g/mol. The van der Waals surface area contributed by atoms with Crippen LogP contribution in [-0.2, 0) is 4.79 Å². The average molecular weight is 372 g/mol. The number of hydrogen-bond acceptors (Lipinski definition) is 5. The van der Waals surface area contributed by atoms with Crippen LogP contribution in [0.25, 0.3) is 22.8 Å². The number of carboxylic acid groups (broad SMARTS) is 1. The van der Waals surface area contributed by atoms with Crippen LogP contribution in [0, 0.1) is 0 Å². The van der Waals surface area contributed by atoms with Crippen molar-refractivity contribution in [2.45, 2.75) is 6.92 Å². The first-order valence-corrected chi connectivity index (χ1v) is 8.51. The number of pyridine rings is 4. The summed E-state index contributed by atoms with van der Waals surface area (Å²) in [5.74, 6) is -0.833. The molecule has 4 rings (SSSR count). The van der Waals surface area contributed by atoms with E-state index in [0.717, 1.165) is 29.7 Å². The molecule has 0 radical (unpaired) electrons. The van der Waals surface area contributed by atoms with Gasteiger partial charge in [0.05, 0.1) is 22.8 Å². The van der Waals surface area contributed by atoms with Gasteiger partial charge < -0.3 is 5.11 Å². The predicted octanol–water partition coefficient (Wildman–Crippen LogP) is 4.38. The Morgan fingerprint density at radius 3 is 0.929 bits per heavy atom. The van der Waals surface area contributed by atoms with Crippen molar-refractivity contribution in [1.82, 2.24) is 19.9 Å². The SMILES string of the molecule is CC(=O)O.c1ccc(-c2ccccn2)nc1.c1ccc(-c2ccccn2)nc1. The van der Waals surface area contributed by atoms with Crippen LogP contribution in [-0.4, -0.2) is 31.0 Å². The maximum Gasteiger partial charge on any atom is 0.300 e. The lowest BCUT2D eigenvalue weighted by molar-refractivity contribution is -0.134. The fourth-order valence-corrected chi connectivity index (χ4v) is 2.06. The molecule has 0 fully saturated rings. The molecule has 4 heterocycles. The minimum atomic E-state index is -0.833. The molecule has 0 aliphatic heterocycles. The molecule has 4 aromatic heterocycles. The van der Waals surface area contributed by atoms with Gasteiger partial charge in [-0.05, 0) is 48.5 Å². The smallest absolute Gasteiger partial charge is 0.300 e. The average Bonchev–Trinajstić information content (AvgIpc) is 2.76. The zero-order valence-electron chi connectivity index (χ0n) is 15.4. The third-order valence-corrected chi connectivity index (χ3v) is 3.18. The second-order valence-electron chi connectivity index (χ2n) is 5.38. The summed E-state index contributed by atoms with van der Waals surface area (Å²) in [6, 6.07) is 23.2. The van der Waals surface area contributed by atoms with Gasteiger partial charge in [-0.25, -0.2) is 0 Å². The first kappa shape index (κ1) is 20.4. The quantitative estimate of drug-likeness (QED) is 0.562. The van der Waals surface area contributed by atoms with Crippen LogP contribution in [0.1, 0.15) is 6.92 Å². The molecule has 4 aromatic rings. The normalized spacial score (nSPS) is 9.18. The molecule has 0 spiro atoms. The van der Waals surface area contributed by atoms with Crippen LogP contribution in [0.5, 0.6) is 0 Å². The Bertz CT molecular complexity index is 781. The van der Waals surface area contributed by atoms with E-state index in [2.05, 4.69) is 19.9 Å². The van der Waals surface area contributed by atoms with E-state index in [9.17, 15) is 0 Å². The highest BCUT2D eigenvalue weighted by atomic mass is 16.4. The summed E-state index contributed by atoms with van der Waals surface area (Å²) in [4.78, 5) is 25.7. The molecule has 0 aliphatic rings. The zero-order valence-corrected chi connectivity index (χ0v) is 15.4. The van der Waals surface area contributed by atoms with E-state index in [0.29, 0.717) is 0 Å². The molecule has 1 N–H and O–H groups in total. The van der Waals surface area contributed by atoms with E-state index < -0.39 is 5.97 Å². The molecular formula is C22H20N4O2. The maximum atomic E-state index is 9.00. The number of hydrogen-bond donors (Lipinski definition) is 1. The van der Waals surface area contributed by atoms with Crippen LogP contribution in [0.15, 0.2) is 97.6 Å². The maximum absolute atomic E-state index is 9.00. The molecule has 0 saturated carbocycles. The van der Waals surface area contributed by atoms with Gasteiger partial charge in [0.2, 0.25) is 0 Å². The van der Waals surface area contributed by atoms with Gasteiger partial charge in [0, 0.05) is 31.7 Å². The van der Waals surface area contributed by atoms with E-state index in [1.54, 1.807) is 24.8 Å². The van der Waals surface area contributed by atoms with Gasteiger partial charge in [0.25, 0.3) is 5.97 Å². The van der Waals surface area contributed by atoms with Gasteiger partial charge in [-0.3, -0.25) is 24.7 Å². The van der Waals surface area contributed by atoms with Gasteiger partial charge in [-0.1, -0.05) is 24.3 Å². The number of aromatic nitrogens is 4. The molecule has 28 heavy (non-hydrogen) atoms. The van der Waals surface area contributed by atoms with Crippen molar-refractivity contribution in [3.63, 3.8) is 0 Å². The van der Waals surface area contributed by atoms with Crippen molar-refractivity contribution in [3.05, 3.63) is 97.6 Å². The fourth-order valence-electron chi connectivity index (χ4n) is 2.06. The predicted molar refractivity (Wildman–Crippen MR) is 108 cm³/mol. The summed E-state index contributed by atoms with van der Waals surface area (Å²) in [6.45, 7) is 1.08. The molecule has 6 heteroatoms. The van der Waals surface area contributed by atoms with Crippen molar-refractivity contribution in [2.75, 3.05) is 0 Å². The largest absolute Gasteiger partial charge is 0.481 e. The molecule has 6 nitrogen and oxygen atoms in total. The molecule has 0 aliphatic carbocycles. The minimum absolute atomic E-state index is 0.833. The van der Waals surface area contributed by atoms with E-state index in [1.807, 2.05) is 72.8 Å². The Morgan fingerprint density at radius 2 is 0.786 bits per heavy atom. The van der Waals surface area contributed by atoms with Crippen molar-refractivity contribution >= 4 is 5.97 Å². The molecule has 0 amide bonds. The molecule has 0 aromatic carbocycles. The fraction of sp³-hybridized carbons (Fsp3) is 0.0455. The molecule has 0 saturated heterocycles. The third kappa shape index (κ3) is 7.53. The number of nitrogens with zero attached hydrogens (tertiary/aromatic N) is 4. The van der Waals surface area contributed by atoms with E-state index >= 15 is 0 Å². The highest BCUT2D eigenvalue weighted by molar-refractivity contribution is 5.63. The van der Waals surface area contributed by atoms with Gasteiger partial charge in [-0.15, -0.1) is 0 Å². The van der Waals surface area contributed by atoms with Gasteiger partial charge in [0.1, 0.15) is 0 Å². The summed E-state index contributed by atoms with van der Waals surface area (Å²) in [6.07, 6.45) is 7.07. The Labute approximate surface area is 163 Å². The Hall–Kier alpha value is -3.93. The first-order chi connectivity index (χ1) is 13.7. The highest BCUT2D eigenvalue weighted by Gasteiger charge is 1.96. The van der Waals surface area contributed by atoms with Crippen molar-refractivity contribution in [3.8, 4) is 22.8 Å². The Morgan fingerprint density at radius 1 is 0.571 bits per heavy atom. The van der Waals surface area contributed by atoms with Crippen LogP contribution in [0.4, 0.5) is 0 Å². The molecular weight excluding hydrogens is 352 g/mol.